The zero-order valence-corrected chi connectivity index (χ0v) is 32.0. The van der Waals surface area contributed by atoms with Crippen LogP contribution in [0.15, 0.2) is 120 Å². The Balaban J connectivity index is 1.24. The van der Waals surface area contributed by atoms with Crippen molar-refractivity contribution in [2.24, 2.45) is 11.3 Å². The highest BCUT2D eigenvalue weighted by atomic mass is 35.5. The number of thioether (sulfide) groups is 1. The first kappa shape index (κ1) is 37.6. The molecular weight excluding hydrogens is 720 g/mol. The van der Waals surface area contributed by atoms with Gasteiger partial charge in [-0.05, 0) is 89.8 Å². The highest BCUT2D eigenvalue weighted by Gasteiger charge is 2.33. The number of hydrogen-bond donors (Lipinski definition) is 3. The molecule has 0 radical (unpaired) electrons. The van der Waals surface area contributed by atoms with Crippen molar-refractivity contribution < 1.29 is 14.4 Å². The van der Waals surface area contributed by atoms with Crippen molar-refractivity contribution in [1.29, 1.82) is 5.26 Å². The van der Waals surface area contributed by atoms with Crippen LogP contribution >= 0.6 is 34.7 Å². The summed E-state index contributed by atoms with van der Waals surface area (Å²) in [6, 6.07) is 34.7. The molecule has 3 amide bonds. The summed E-state index contributed by atoms with van der Waals surface area (Å²) in [5.41, 5.74) is 4.01. The molecule has 1 aliphatic carbocycles. The van der Waals surface area contributed by atoms with Gasteiger partial charge in [-0.2, -0.15) is 5.26 Å². The third kappa shape index (κ3) is 9.27. The van der Waals surface area contributed by atoms with E-state index in [0.717, 1.165) is 35.3 Å². The lowest BCUT2D eigenvalue weighted by Gasteiger charge is -2.33. The summed E-state index contributed by atoms with van der Waals surface area (Å²) in [5.74, 6) is -0.730. The molecule has 0 fully saturated rings. The number of hydrogen-bond acceptors (Lipinski definition) is 6. The number of amides is 3. The van der Waals surface area contributed by atoms with E-state index in [1.807, 2.05) is 36.4 Å². The molecule has 3 N–H and O–H groups in total. The van der Waals surface area contributed by atoms with Crippen LogP contribution in [0.1, 0.15) is 69.9 Å². The highest BCUT2D eigenvalue weighted by Crippen LogP contribution is 2.45. The Hall–Kier alpha value is -5.14. The van der Waals surface area contributed by atoms with E-state index in [9.17, 15) is 19.6 Å². The molecule has 4 aromatic carbocycles. The maximum Gasteiger partial charge on any atom is 0.272 e. The second-order valence-corrected chi connectivity index (χ2v) is 16.6. The van der Waals surface area contributed by atoms with Gasteiger partial charge in [0.1, 0.15) is 22.0 Å². The van der Waals surface area contributed by atoms with Crippen molar-refractivity contribution in [3.63, 3.8) is 0 Å². The maximum absolute atomic E-state index is 14.1. The fourth-order valence-electron chi connectivity index (χ4n) is 6.28. The van der Waals surface area contributed by atoms with Crippen molar-refractivity contribution >= 4 is 69.2 Å². The van der Waals surface area contributed by atoms with Crippen molar-refractivity contribution in [1.82, 2.24) is 5.32 Å². The minimum absolute atomic E-state index is 0.00677. The molecule has 0 spiro atoms. The largest absolute Gasteiger partial charge is 0.321 e. The van der Waals surface area contributed by atoms with E-state index in [1.165, 1.54) is 34.1 Å². The van der Waals surface area contributed by atoms with Gasteiger partial charge in [-0.25, -0.2) is 0 Å². The molecule has 1 aromatic heterocycles. The van der Waals surface area contributed by atoms with E-state index in [-0.39, 0.29) is 17.0 Å². The SMILES string of the molecule is CC(C)(C)C1CCc2c(sc(NC(=O)C(Sc3cccc(NC(=O)/C(=C\c4ccccc4Cl)NC(=O)c4ccccc4)c3)c3ccccc3)c2C#N)C1. The monoisotopic (exact) mass is 758 g/mol. The van der Waals surface area contributed by atoms with Gasteiger partial charge in [-0.1, -0.05) is 105 Å². The van der Waals surface area contributed by atoms with Crippen molar-refractivity contribution in [2.75, 3.05) is 10.6 Å². The Morgan fingerprint density at radius 1 is 0.925 bits per heavy atom. The Labute approximate surface area is 323 Å². The third-order valence-electron chi connectivity index (χ3n) is 9.26. The summed E-state index contributed by atoms with van der Waals surface area (Å²) in [6.07, 6.45) is 4.28. The quantitative estimate of drug-likeness (QED) is 0.0970. The summed E-state index contributed by atoms with van der Waals surface area (Å²) < 4.78 is 0. The topological polar surface area (TPSA) is 111 Å². The van der Waals surface area contributed by atoms with Crippen LogP contribution in [0.5, 0.6) is 0 Å². The zero-order valence-electron chi connectivity index (χ0n) is 29.6. The molecule has 10 heteroatoms. The molecule has 0 saturated carbocycles. The maximum atomic E-state index is 14.1. The lowest BCUT2D eigenvalue weighted by atomic mass is 9.72. The summed E-state index contributed by atoms with van der Waals surface area (Å²) in [7, 11) is 0. The number of benzene rings is 4. The van der Waals surface area contributed by atoms with Crippen LogP contribution in [0.2, 0.25) is 5.02 Å². The number of halogens is 1. The van der Waals surface area contributed by atoms with E-state index in [0.29, 0.717) is 38.3 Å². The molecule has 1 heterocycles. The predicted molar refractivity (Wildman–Crippen MR) is 216 cm³/mol. The van der Waals surface area contributed by atoms with E-state index in [2.05, 4.69) is 42.8 Å². The van der Waals surface area contributed by atoms with E-state index >= 15 is 0 Å². The number of fused-ring (bicyclic) bond motifs is 1. The smallest absolute Gasteiger partial charge is 0.272 e. The van der Waals surface area contributed by atoms with E-state index in [4.69, 9.17) is 11.6 Å². The minimum atomic E-state index is -0.656. The normalized spacial score (nSPS) is 14.7. The lowest BCUT2D eigenvalue weighted by Crippen LogP contribution is -2.30. The highest BCUT2D eigenvalue weighted by molar-refractivity contribution is 8.00. The summed E-state index contributed by atoms with van der Waals surface area (Å²) in [4.78, 5) is 42.9. The molecule has 0 aliphatic heterocycles. The van der Waals surface area contributed by atoms with E-state index in [1.54, 1.807) is 72.8 Å². The van der Waals surface area contributed by atoms with Crippen LogP contribution in [0.4, 0.5) is 10.7 Å². The molecule has 2 atom stereocenters. The first-order valence-electron chi connectivity index (χ1n) is 17.3. The summed E-state index contributed by atoms with van der Waals surface area (Å²) in [6.45, 7) is 6.77. The van der Waals surface area contributed by atoms with Crippen LogP contribution in [0, 0.1) is 22.7 Å². The number of nitriles is 1. The standard InChI is InChI=1S/C43H39ClN4O3S2/c1-43(2,3)30-21-22-33-34(26-45)42(53-37(33)24-30)48-41(51)38(27-13-6-4-7-14-27)52-32-19-12-18-31(25-32)46-40(50)36(23-29-17-10-11-20-35(29)44)47-39(49)28-15-8-5-9-16-28/h4-20,23,25,30,38H,21-22,24H2,1-3H3,(H,46,50)(H,47,49)(H,48,51)/b36-23+. The number of nitrogens with zero attached hydrogens (tertiary/aromatic N) is 1. The predicted octanol–water partition coefficient (Wildman–Crippen LogP) is 10.3. The first-order valence-corrected chi connectivity index (χ1v) is 19.4. The molecule has 1 aliphatic rings. The Bertz CT molecular complexity index is 2200. The molecule has 0 bridgehead atoms. The summed E-state index contributed by atoms with van der Waals surface area (Å²) in [5, 5.41) is 19.3. The molecule has 2 unspecified atom stereocenters. The van der Waals surface area contributed by atoms with Gasteiger partial charge in [0, 0.05) is 26.0 Å². The van der Waals surface area contributed by atoms with Crippen LogP contribution in [0.3, 0.4) is 0 Å². The van der Waals surface area contributed by atoms with Crippen LogP contribution in [-0.4, -0.2) is 17.7 Å². The van der Waals surface area contributed by atoms with Crippen molar-refractivity contribution in [3.8, 4) is 6.07 Å². The lowest BCUT2D eigenvalue weighted by molar-refractivity contribution is -0.116. The minimum Gasteiger partial charge on any atom is -0.321 e. The molecule has 268 valence electrons. The molecule has 5 aromatic rings. The Kier molecular flexibility index (Phi) is 11.8. The average molecular weight is 759 g/mol. The fraction of sp³-hybridized carbons (Fsp3) is 0.209. The number of rotatable bonds is 10. The number of carbonyl (C=O) groups excluding carboxylic acids is 3. The second kappa shape index (κ2) is 16.7. The number of thiophene rings is 1. The zero-order chi connectivity index (χ0) is 37.5. The molecule has 53 heavy (non-hydrogen) atoms. The summed E-state index contributed by atoms with van der Waals surface area (Å²) >= 11 is 9.26. The van der Waals surface area contributed by atoms with Crippen LogP contribution in [-0.2, 0) is 22.4 Å². The average Bonchev–Trinajstić information content (AvgIpc) is 3.51. The van der Waals surface area contributed by atoms with Crippen LogP contribution < -0.4 is 16.0 Å². The molecule has 6 rings (SSSR count). The van der Waals surface area contributed by atoms with Gasteiger partial charge >= 0.3 is 0 Å². The van der Waals surface area contributed by atoms with Gasteiger partial charge < -0.3 is 16.0 Å². The number of anilines is 2. The van der Waals surface area contributed by atoms with Gasteiger partial charge in [-0.15, -0.1) is 23.1 Å². The van der Waals surface area contributed by atoms with Crippen molar-refractivity contribution in [3.05, 3.63) is 153 Å². The molecular formula is C43H39ClN4O3S2. The first-order chi connectivity index (χ1) is 25.5. The Morgan fingerprint density at radius 2 is 1.62 bits per heavy atom. The molecule has 0 saturated heterocycles. The van der Waals surface area contributed by atoms with Gasteiger partial charge in [-0.3, -0.25) is 14.4 Å². The van der Waals surface area contributed by atoms with E-state index < -0.39 is 17.1 Å². The van der Waals surface area contributed by atoms with Gasteiger partial charge in [0.15, 0.2) is 0 Å². The van der Waals surface area contributed by atoms with Crippen molar-refractivity contribution in [2.45, 2.75) is 50.2 Å². The third-order valence-corrected chi connectivity index (χ3v) is 12.0. The fourth-order valence-corrected chi connectivity index (χ4v) is 8.84. The Morgan fingerprint density at radius 3 is 2.32 bits per heavy atom. The second-order valence-electron chi connectivity index (χ2n) is 13.9. The van der Waals surface area contributed by atoms with Gasteiger partial charge in [0.2, 0.25) is 5.91 Å². The number of nitrogens with one attached hydrogen (secondary N) is 3. The number of carbonyl (C=O) groups is 3. The van der Waals surface area contributed by atoms with Gasteiger partial charge in [0.05, 0.1) is 5.56 Å². The van der Waals surface area contributed by atoms with Crippen LogP contribution in [0.25, 0.3) is 6.08 Å². The molecule has 7 nitrogen and oxygen atoms in total. The van der Waals surface area contributed by atoms with Gasteiger partial charge in [0.25, 0.3) is 11.8 Å².